The summed E-state index contributed by atoms with van der Waals surface area (Å²) in [4.78, 5) is 22.6. The van der Waals surface area contributed by atoms with Crippen LogP contribution < -0.4 is 16.4 Å². The molecule has 0 unspecified atom stereocenters. The summed E-state index contributed by atoms with van der Waals surface area (Å²) in [5.74, 6) is -0.578. The molecule has 1 aromatic rings. The van der Waals surface area contributed by atoms with E-state index in [9.17, 15) is 14.0 Å². The Morgan fingerprint density at radius 3 is 2.68 bits per heavy atom. The first kappa shape index (κ1) is 15.3. The van der Waals surface area contributed by atoms with E-state index >= 15 is 0 Å². The standard InChI is InChI=1S/C12H16FN3O2S/c1-8(17)15-4-5-16-12(18)7-19-11-6-9(13)2-3-10(11)14/h2-3,6H,4-5,7,14H2,1H3,(H,15,17)(H,16,18). The van der Waals surface area contributed by atoms with Crippen LogP contribution in [0.1, 0.15) is 6.92 Å². The van der Waals surface area contributed by atoms with Crippen molar-refractivity contribution in [2.45, 2.75) is 11.8 Å². The number of carbonyl (C=O) groups is 2. The highest BCUT2D eigenvalue weighted by Gasteiger charge is 2.06. The summed E-state index contributed by atoms with van der Waals surface area (Å²) in [6, 6.07) is 4.03. The van der Waals surface area contributed by atoms with Crippen LogP contribution in [0.2, 0.25) is 0 Å². The predicted molar refractivity (Wildman–Crippen MR) is 73.2 cm³/mol. The van der Waals surface area contributed by atoms with Gasteiger partial charge in [0.25, 0.3) is 0 Å². The van der Waals surface area contributed by atoms with Crippen LogP contribution in [-0.4, -0.2) is 30.7 Å². The van der Waals surface area contributed by atoms with Crippen LogP contribution in [0.3, 0.4) is 0 Å². The highest BCUT2D eigenvalue weighted by atomic mass is 32.2. The predicted octanol–water partition coefficient (Wildman–Crippen LogP) is 0.752. The van der Waals surface area contributed by atoms with E-state index in [2.05, 4.69) is 10.6 Å². The summed E-state index contributed by atoms with van der Waals surface area (Å²) in [5, 5.41) is 5.19. The number of hydrogen-bond acceptors (Lipinski definition) is 4. The molecule has 0 heterocycles. The molecule has 4 N–H and O–H groups in total. The van der Waals surface area contributed by atoms with Crippen LogP contribution in [0.15, 0.2) is 23.1 Å². The van der Waals surface area contributed by atoms with Crippen molar-refractivity contribution in [3.05, 3.63) is 24.0 Å². The van der Waals surface area contributed by atoms with E-state index in [-0.39, 0.29) is 23.4 Å². The van der Waals surface area contributed by atoms with Crippen molar-refractivity contribution >= 4 is 29.3 Å². The fourth-order valence-corrected chi connectivity index (χ4v) is 2.09. The molecule has 0 atom stereocenters. The number of carbonyl (C=O) groups excluding carboxylic acids is 2. The first-order valence-electron chi connectivity index (χ1n) is 5.68. The quantitative estimate of drug-likeness (QED) is 0.409. The van der Waals surface area contributed by atoms with Crippen LogP contribution in [0.5, 0.6) is 0 Å². The third-order valence-electron chi connectivity index (χ3n) is 2.16. The largest absolute Gasteiger partial charge is 0.398 e. The maximum absolute atomic E-state index is 13.0. The van der Waals surface area contributed by atoms with Crippen LogP contribution in [0.4, 0.5) is 10.1 Å². The monoisotopic (exact) mass is 285 g/mol. The summed E-state index contributed by atoms with van der Waals surface area (Å²) in [6.07, 6.45) is 0. The first-order chi connectivity index (χ1) is 8.99. The molecular weight excluding hydrogens is 269 g/mol. The third kappa shape index (κ3) is 6.10. The van der Waals surface area contributed by atoms with E-state index < -0.39 is 0 Å². The second-order valence-corrected chi connectivity index (χ2v) is 4.82. The molecule has 0 radical (unpaired) electrons. The van der Waals surface area contributed by atoms with Gasteiger partial charge in [-0.3, -0.25) is 9.59 Å². The van der Waals surface area contributed by atoms with Gasteiger partial charge in [0.15, 0.2) is 0 Å². The number of anilines is 1. The highest BCUT2D eigenvalue weighted by molar-refractivity contribution is 8.00. The Labute approximate surface area is 115 Å². The number of thioether (sulfide) groups is 1. The normalized spacial score (nSPS) is 10.0. The highest BCUT2D eigenvalue weighted by Crippen LogP contribution is 2.25. The summed E-state index contributed by atoms with van der Waals surface area (Å²) in [6.45, 7) is 2.15. The van der Waals surface area contributed by atoms with E-state index in [0.29, 0.717) is 23.7 Å². The lowest BCUT2D eigenvalue weighted by Crippen LogP contribution is -2.34. The van der Waals surface area contributed by atoms with Crippen LogP contribution >= 0.6 is 11.8 Å². The Kier molecular flexibility index (Phi) is 6.14. The van der Waals surface area contributed by atoms with Crippen LogP contribution in [0, 0.1) is 5.82 Å². The Morgan fingerprint density at radius 1 is 1.32 bits per heavy atom. The van der Waals surface area contributed by atoms with Gasteiger partial charge in [-0.05, 0) is 18.2 Å². The summed E-state index contributed by atoms with van der Waals surface area (Å²) in [5.41, 5.74) is 6.11. The van der Waals surface area contributed by atoms with Crippen molar-refractivity contribution in [2.75, 3.05) is 24.6 Å². The third-order valence-corrected chi connectivity index (χ3v) is 3.23. The SMILES string of the molecule is CC(=O)NCCNC(=O)CSc1cc(F)ccc1N. The van der Waals surface area contributed by atoms with E-state index in [0.717, 1.165) is 0 Å². The van der Waals surface area contributed by atoms with Crippen molar-refractivity contribution in [3.8, 4) is 0 Å². The number of halogens is 1. The topological polar surface area (TPSA) is 84.2 Å². The molecule has 0 saturated heterocycles. The average Bonchev–Trinajstić information content (AvgIpc) is 2.35. The van der Waals surface area contributed by atoms with Gasteiger partial charge in [0.1, 0.15) is 5.82 Å². The number of amides is 2. The average molecular weight is 285 g/mol. The molecule has 104 valence electrons. The molecule has 1 rings (SSSR count). The van der Waals surface area contributed by atoms with E-state index in [1.165, 1.54) is 36.9 Å². The zero-order chi connectivity index (χ0) is 14.3. The summed E-state index contributed by atoms with van der Waals surface area (Å²) < 4.78 is 13.0. The van der Waals surface area contributed by atoms with Crippen molar-refractivity contribution in [3.63, 3.8) is 0 Å². The van der Waals surface area contributed by atoms with Crippen molar-refractivity contribution < 1.29 is 14.0 Å². The molecule has 0 aliphatic rings. The Morgan fingerprint density at radius 2 is 2.00 bits per heavy atom. The molecule has 0 aromatic heterocycles. The van der Waals surface area contributed by atoms with Gasteiger partial charge in [-0.25, -0.2) is 4.39 Å². The molecular formula is C12H16FN3O2S. The van der Waals surface area contributed by atoms with Gasteiger partial charge in [0, 0.05) is 30.6 Å². The lowest BCUT2D eigenvalue weighted by Gasteiger charge is -2.07. The molecule has 5 nitrogen and oxygen atoms in total. The number of nitrogen functional groups attached to an aromatic ring is 1. The molecule has 19 heavy (non-hydrogen) atoms. The van der Waals surface area contributed by atoms with Gasteiger partial charge >= 0.3 is 0 Å². The van der Waals surface area contributed by atoms with Gasteiger partial charge in [0.05, 0.1) is 5.75 Å². The molecule has 0 spiro atoms. The molecule has 7 heteroatoms. The number of nitrogens with one attached hydrogen (secondary N) is 2. The van der Waals surface area contributed by atoms with Gasteiger partial charge in [-0.2, -0.15) is 0 Å². The molecule has 0 fully saturated rings. The second-order valence-electron chi connectivity index (χ2n) is 3.80. The maximum Gasteiger partial charge on any atom is 0.230 e. The van der Waals surface area contributed by atoms with Gasteiger partial charge in [-0.15, -0.1) is 11.8 Å². The van der Waals surface area contributed by atoms with Gasteiger partial charge in [-0.1, -0.05) is 0 Å². The van der Waals surface area contributed by atoms with Gasteiger partial charge < -0.3 is 16.4 Å². The molecule has 0 aliphatic heterocycles. The van der Waals surface area contributed by atoms with Crippen LogP contribution in [-0.2, 0) is 9.59 Å². The molecule has 0 saturated carbocycles. The van der Waals surface area contributed by atoms with E-state index in [1.807, 2.05) is 0 Å². The van der Waals surface area contributed by atoms with E-state index in [1.54, 1.807) is 0 Å². The van der Waals surface area contributed by atoms with Crippen molar-refractivity contribution in [1.82, 2.24) is 10.6 Å². The number of nitrogens with two attached hydrogens (primary N) is 1. The Balaban J connectivity index is 2.30. The smallest absolute Gasteiger partial charge is 0.230 e. The lowest BCUT2D eigenvalue weighted by atomic mass is 10.3. The number of hydrogen-bond donors (Lipinski definition) is 3. The van der Waals surface area contributed by atoms with Crippen molar-refractivity contribution in [1.29, 1.82) is 0 Å². The van der Waals surface area contributed by atoms with Crippen LogP contribution in [0.25, 0.3) is 0 Å². The Bertz CT molecular complexity index is 468. The van der Waals surface area contributed by atoms with Crippen molar-refractivity contribution in [2.24, 2.45) is 0 Å². The zero-order valence-corrected chi connectivity index (χ0v) is 11.3. The Hall–Kier alpha value is -1.76. The number of rotatable bonds is 6. The first-order valence-corrected chi connectivity index (χ1v) is 6.66. The minimum atomic E-state index is -0.386. The fourth-order valence-electron chi connectivity index (χ4n) is 1.27. The number of benzene rings is 1. The fraction of sp³-hybridized carbons (Fsp3) is 0.333. The van der Waals surface area contributed by atoms with E-state index in [4.69, 9.17) is 5.73 Å². The second kappa shape index (κ2) is 7.63. The molecule has 0 aliphatic carbocycles. The molecule has 0 bridgehead atoms. The lowest BCUT2D eigenvalue weighted by molar-refractivity contribution is -0.120. The minimum Gasteiger partial charge on any atom is -0.398 e. The van der Waals surface area contributed by atoms with Gasteiger partial charge in [0.2, 0.25) is 11.8 Å². The summed E-state index contributed by atoms with van der Waals surface area (Å²) >= 11 is 1.17. The molecule has 2 amide bonds. The minimum absolute atomic E-state index is 0.142. The zero-order valence-electron chi connectivity index (χ0n) is 10.5. The molecule has 1 aromatic carbocycles. The summed E-state index contributed by atoms with van der Waals surface area (Å²) in [7, 11) is 0. The maximum atomic E-state index is 13.0.